The average Bonchev–Trinajstić information content (AvgIpc) is 2.79. The summed E-state index contributed by atoms with van der Waals surface area (Å²) in [4.78, 5) is 0. The van der Waals surface area contributed by atoms with Crippen LogP contribution in [0, 0.1) is 17.2 Å². The Bertz CT molecular complexity index is 610. The largest absolute Gasteiger partial charge is 0.243 e. The number of nitriles is 1. The maximum Gasteiger partial charge on any atom is 0.190 e. The lowest BCUT2D eigenvalue weighted by molar-refractivity contribution is 0.481. The van der Waals surface area contributed by atoms with Gasteiger partial charge in [0, 0.05) is 17.1 Å². The van der Waals surface area contributed by atoms with Crippen LogP contribution in [0.5, 0.6) is 0 Å². The zero-order chi connectivity index (χ0) is 13.8. The summed E-state index contributed by atoms with van der Waals surface area (Å²) < 4.78 is 1.78. The molecule has 0 saturated heterocycles. The molecule has 2 aromatic rings. The fourth-order valence-corrected chi connectivity index (χ4v) is 2.04. The molecule has 0 fully saturated rings. The molecule has 1 aromatic carbocycles. The molecule has 0 N–H and O–H groups in total. The van der Waals surface area contributed by atoms with E-state index in [0.717, 1.165) is 24.2 Å². The van der Waals surface area contributed by atoms with E-state index in [1.165, 1.54) is 0 Å². The van der Waals surface area contributed by atoms with Gasteiger partial charge in [0.1, 0.15) is 11.8 Å². The van der Waals surface area contributed by atoms with Gasteiger partial charge in [-0.15, -0.1) is 5.10 Å². The average molecular weight is 275 g/mol. The van der Waals surface area contributed by atoms with E-state index in [1.807, 2.05) is 18.2 Å². The molecule has 0 aliphatic carbocycles. The molecular weight excluding hydrogens is 260 g/mol. The van der Waals surface area contributed by atoms with Crippen LogP contribution in [-0.2, 0) is 6.54 Å². The summed E-state index contributed by atoms with van der Waals surface area (Å²) in [5, 5.41) is 17.8. The lowest BCUT2D eigenvalue weighted by atomic mass is 10.1. The van der Waals surface area contributed by atoms with Crippen LogP contribution in [0.4, 0.5) is 0 Å². The standard InChI is InChI=1S/C14H15ClN4/c1-10(2)6-7-19-14(13(9-16)17-18-19)11-4-3-5-12(15)8-11/h3-5,8,10H,6-7H2,1-2H3. The number of hydrogen-bond donors (Lipinski definition) is 0. The smallest absolute Gasteiger partial charge is 0.190 e. The molecule has 1 heterocycles. The molecule has 0 unspecified atom stereocenters. The molecule has 0 amide bonds. The van der Waals surface area contributed by atoms with E-state index in [2.05, 4.69) is 30.2 Å². The first-order valence-electron chi connectivity index (χ1n) is 6.21. The van der Waals surface area contributed by atoms with Gasteiger partial charge in [0.2, 0.25) is 0 Å². The molecule has 5 heteroatoms. The van der Waals surface area contributed by atoms with E-state index in [1.54, 1.807) is 10.7 Å². The predicted octanol–water partition coefficient (Wildman–Crippen LogP) is 3.52. The quantitative estimate of drug-likeness (QED) is 0.857. The maximum atomic E-state index is 9.14. The third-order valence-electron chi connectivity index (χ3n) is 2.86. The van der Waals surface area contributed by atoms with Crippen molar-refractivity contribution in [2.45, 2.75) is 26.8 Å². The fraction of sp³-hybridized carbons (Fsp3) is 0.357. The van der Waals surface area contributed by atoms with Gasteiger partial charge in [0.15, 0.2) is 5.69 Å². The Morgan fingerprint density at radius 1 is 1.42 bits per heavy atom. The van der Waals surface area contributed by atoms with Crippen molar-refractivity contribution in [2.75, 3.05) is 0 Å². The second-order valence-electron chi connectivity index (χ2n) is 4.81. The molecule has 0 spiro atoms. The van der Waals surface area contributed by atoms with Crippen LogP contribution in [0.2, 0.25) is 5.02 Å². The van der Waals surface area contributed by atoms with E-state index in [9.17, 15) is 0 Å². The van der Waals surface area contributed by atoms with Gasteiger partial charge in [-0.1, -0.05) is 42.8 Å². The van der Waals surface area contributed by atoms with Crippen LogP contribution in [0.25, 0.3) is 11.3 Å². The Morgan fingerprint density at radius 2 is 2.21 bits per heavy atom. The maximum absolute atomic E-state index is 9.14. The topological polar surface area (TPSA) is 54.5 Å². The van der Waals surface area contributed by atoms with Crippen molar-refractivity contribution in [3.63, 3.8) is 0 Å². The highest BCUT2D eigenvalue weighted by Crippen LogP contribution is 2.25. The van der Waals surface area contributed by atoms with Gasteiger partial charge in [0.05, 0.1) is 0 Å². The molecule has 0 bridgehead atoms. The molecule has 19 heavy (non-hydrogen) atoms. The Balaban J connectivity index is 2.42. The van der Waals surface area contributed by atoms with Crippen LogP contribution in [0.1, 0.15) is 26.0 Å². The molecule has 98 valence electrons. The normalized spacial score (nSPS) is 10.7. The van der Waals surface area contributed by atoms with Crippen molar-refractivity contribution in [1.29, 1.82) is 5.26 Å². The van der Waals surface area contributed by atoms with Crippen LogP contribution in [0.3, 0.4) is 0 Å². The highest BCUT2D eigenvalue weighted by molar-refractivity contribution is 6.30. The first kappa shape index (κ1) is 13.6. The van der Waals surface area contributed by atoms with Crippen molar-refractivity contribution in [2.24, 2.45) is 5.92 Å². The lowest BCUT2D eigenvalue weighted by Crippen LogP contribution is -2.05. The molecule has 4 nitrogen and oxygen atoms in total. The highest BCUT2D eigenvalue weighted by atomic mass is 35.5. The number of halogens is 1. The van der Waals surface area contributed by atoms with E-state index < -0.39 is 0 Å². The van der Waals surface area contributed by atoms with E-state index in [4.69, 9.17) is 16.9 Å². The van der Waals surface area contributed by atoms with Crippen LogP contribution >= 0.6 is 11.6 Å². The van der Waals surface area contributed by atoms with E-state index in [0.29, 0.717) is 16.6 Å². The zero-order valence-electron chi connectivity index (χ0n) is 11.0. The zero-order valence-corrected chi connectivity index (χ0v) is 11.7. The van der Waals surface area contributed by atoms with Crippen molar-refractivity contribution < 1.29 is 0 Å². The Morgan fingerprint density at radius 3 is 2.84 bits per heavy atom. The van der Waals surface area contributed by atoms with Gasteiger partial charge in [-0.3, -0.25) is 0 Å². The van der Waals surface area contributed by atoms with E-state index in [-0.39, 0.29) is 0 Å². The third-order valence-corrected chi connectivity index (χ3v) is 3.09. The molecule has 0 aliphatic rings. The van der Waals surface area contributed by atoms with Crippen LogP contribution in [-0.4, -0.2) is 15.0 Å². The van der Waals surface area contributed by atoms with Gasteiger partial charge in [-0.2, -0.15) is 5.26 Å². The molecule has 0 saturated carbocycles. The molecule has 0 aliphatic heterocycles. The number of rotatable bonds is 4. The second kappa shape index (κ2) is 5.85. The minimum absolute atomic E-state index is 0.339. The second-order valence-corrected chi connectivity index (χ2v) is 5.25. The first-order chi connectivity index (χ1) is 9.11. The van der Waals surface area contributed by atoms with Gasteiger partial charge >= 0.3 is 0 Å². The van der Waals surface area contributed by atoms with Crippen molar-refractivity contribution in [3.8, 4) is 17.3 Å². The summed E-state index contributed by atoms with van der Waals surface area (Å²) in [5.74, 6) is 0.571. The number of aromatic nitrogens is 3. The summed E-state index contributed by atoms with van der Waals surface area (Å²) in [6.45, 7) is 5.05. The van der Waals surface area contributed by atoms with Crippen LogP contribution in [0.15, 0.2) is 24.3 Å². The minimum Gasteiger partial charge on any atom is -0.243 e. The number of hydrogen-bond acceptors (Lipinski definition) is 3. The van der Waals surface area contributed by atoms with E-state index >= 15 is 0 Å². The minimum atomic E-state index is 0.339. The SMILES string of the molecule is CC(C)CCn1nnc(C#N)c1-c1cccc(Cl)c1. The predicted molar refractivity (Wildman–Crippen MR) is 74.6 cm³/mol. The highest BCUT2D eigenvalue weighted by Gasteiger charge is 2.15. The fourth-order valence-electron chi connectivity index (χ4n) is 1.85. The number of aryl methyl sites for hydroxylation is 1. The summed E-state index contributed by atoms with van der Waals surface area (Å²) in [6.07, 6.45) is 0.988. The molecule has 0 radical (unpaired) electrons. The Hall–Kier alpha value is -1.86. The molecule has 0 atom stereocenters. The van der Waals surface area contributed by atoms with Crippen LogP contribution < -0.4 is 0 Å². The van der Waals surface area contributed by atoms with Gasteiger partial charge in [-0.05, 0) is 24.5 Å². The first-order valence-corrected chi connectivity index (χ1v) is 6.59. The lowest BCUT2D eigenvalue weighted by Gasteiger charge is -2.08. The Kier molecular flexibility index (Phi) is 4.18. The summed E-state index contributed by atoms with van der Waals surface area (Å²) in [7, 11) is 0. The number of nitrogens with zero attached hydrogens (tertiary/aromatic N) is 4. The molecule has 1 aromatic heterocycles. The summed E-state index contributed by atoms with van der Waals surface area (Å²) >= 11 is 6.00. The van der Waals surface area contributed by atoms with Crippen molar-refractivity contribution in [3.05, 3.63) is 35.0 Å². The Labute approximate surface area is 117 Å². The molecular formula is C14H15ClN4. The third kappa shape index (κ3) is 3.12. The number of benzene rings is 1. The van der Waals surface area contributed by atoms with Gasteiger partial charge < -0.3 is 0 Å². The van der Waals surface area contributed by atoms with Gasteiger partial charge in [-0.25, -0.2) is 4.68 Å². The summed E-state index contributed by atoms with van der Waals surface area (Å²) in [6, 6.07) is 9.49. The van der Waals surface area contributed by atoms with Gasteiger partial charge in [0.25, 0.3) is 0 Å². The summed E-state index contributed by atoms with van der Waals surface area (Å²) in [5.41, 5.74) is 1.95. The monoisotopic (exact) mass is 274 g/mol. The van der Waals surface area contributed by atoms with Crippen molar-refractivity contribution >= 4 is 11.6 Å². The van der Waals surface area contributed by atoms with Crippen molar-refractivity contribution in [1.82, 2.24) is 15.0 Å². The molecule has 2 rings (SSSR count).